The number of rotatable bonds is 3. The van der Waals surface area contributed by atoms with Crippen molar-refractivity contribution in [3.63, 3.8) is 0 Å². The number of oxazole rings is 1. The van der Waals surface area contributed by atoms with Crippen LogP contribution in [0.25, 0.3) is 11.1 Å². The van der Waals surface area contributed by atoms with Gasteiger partial charge in [0.05, 0.1) is 11.1 Å². The molecule has 0 aliphatic carbocycles. The zero-order valence-corrected chi connectivity index (χ0v) is 12.1. The number of pyridine rings is 1. The van der Waals surface area contributed by atoms with E-state index in [4.69, 9.17) is 4.42 Å². The predicted molar refractivity (Wildman–Crippen MR) is 83.4 cm³/mol. The normalized spacial score (nSPS) is 10.6. The summed E-state index contributed by atoms with van der Waals surface area (Å²) < 4.78 is 4.92. The Morgan fingerprint density at radius 3 is 2.91 bits per heavy atom. The van der Waals surface area contributed by atoms with E-state index in [9.17, 15) is 9.59 Å². The molecule has 0 atom stereocenters. The fourth-order valence-corrected chi connectivity index (χ4v) is 2.16. The average molecular weight is 298 g/mol. The molecule has 2 aromatic heterocycles. The van der Waals surface area contributed by atoms with Crippen LogP contribution in [-0.2, 0) is 0 Å². The number of aromatic nitrogens is 2. The predicted octanol–water partition coefficient (Wildman–Crippen LogP) is 1.83. The highest BCUT2D eigenvalue weighted by molar-refractivity contribution is 6.08. The molecule has 3 aromatic rings. The summed E-state index contributed by atoms with van der Waals surface area (Å²) in [6.07, 6.45) is 1.63. The van der Waals surface area contributed by atoms with Crippen molar-refractivity contribution in [3.05, 3.63) is 52.6 Å². The van der Waals surface area contributed by atoms with Crippen LogP contribution < -0.4 is 16.0 Å². The zero-order chi connectivity index (χ0) is 15.7. The molecule has 7 nitrogen and oxygen atoms in total. The van der Waals surface area contributed by atoms with Crippen molar-refractivity contribution in [2.45, 2.75) is 0 Å². The van der Waals surface area contributed by atoms with Crippen LogP contribution in [0, 0.1) is 0 Å². The van der Waals surface area contributed by atoms with Crippen LogP contribution in [0.15, 0.2) is 45.7 Å². The molecule has 0 aliphatic heterocycles. The van der Waals surface area contributed by atoms with Crippen molar-refractivity contribution >= 4 is 28.5 Å². The van der Waals surface area contributed by atoms with Gasteiger partial charge in [-0.15, -0.1) is 0 Å². The van der Waals surface area contributed by atoms with Crippen LogP contribution >= 0.6 is 0 Å². The maximum absolute atomic E-state index is 12.4. The van der Waals surface area contributed by atoms with Gasteiger partial charge < -0.3 is 14.6 Å². The topological polar surface area (TPSA) is 91.2 Å². The van der Waals surface area contributed by atoms with Gasteiger partial charge in [0.2, 0.25) is 0 Å². The number of hydrogen-bond acceptors (Lipinski definition) is 5. The number of carbonyl (C=O) groups excluding carboxylic acids is 1. The minimum atomic E-state index is -0.527. The lowest BCUT2D eigenvalue weighted by molar-refractivity contribution is 0.102. The molecule has 0 saturated carbocycles. The van der Waals surface area contributed by atoms with Gasteiger partial charge in [-0.25, -0.2) is 9.78 Å². The van der Waals surface area contributed by atoms with Crippen molar-refractivity contribution in [2.75, 3.05) is 24.3 Å². The van der Waals surface area contributed by atoms with E-state index in [-0.39, 0.29) is 5.91 Å². The van der Waals surface area contributed by atoms with Gasteiger partial charge in [0.25, 0.3) is 5.91 Å². The van der Waals surface area contributed by atoms with Gasteiger partial charge in [0.1, 0.15) is 5.82 Å². The molecule has 22 heavy (non-hydrogen) atoms. The average Bonchev–Trinajstić information content (AvgIpc) is 2.86. The molecule has 0 bridgehead atoms. The number of aromatic amines is 1. The largest absolute Gasteiger partial charge is 0.417 e. The second-order valence-corrected chi connectivity index (χ2v) is 4.95. The second-order valence-electron chi connectivity index (χ2n) is 4.95. The van der Waals surface area contributed by atoms with Gasteiger partial charge in [0, 0.05) is 26.0 Å². The molecular weight excluding hydrogens is 284 g/mol. The summed E-state index contributed by atoms with van der Waals surface area (Å²) in [6, 6.07) is 8.35. The van der Waals surface area contributed by atoms with E-state index >= 15 is 0 Å². The summed E-state index contributed by atoms with van der Waals surface area (Å²) in [5, 5.41) is 2.79. The minimum absolute atomic E-state index is 0.276. The SMILES string of the molecule is CN(C)c1ncccc1C(=O)Nc1ccc2oc(=O)[nH]c2c1. The first-order chi connectivity index (χ1) is 10.5. The van der Waals surface area contributed by atoms with Crippen molar-refractivity contribution in [3.8, 4) is 0 Å². The third-order valence-electron chi connectivity index (χ3n) is 3.13. The Balaban J connectivity index is 1.91. The van der Waals surface area contributed by atoms with E-state index in [1.807, 2.05) is 14.1 Å². The fraction of sp³-hybridized carbons (Fsp3) is 0.133. The molecule has 0 fully saturated rings. The van der Waals surface area contributed by atoms with E-state index in [0.717, 1.165) is 0 Å². The third kappa shape index (κ3) is 2.56. The number of hydrogen-bond donors (Lipinski definition) is 2. The molecule has 7 heteroatoms. The molecule has 0 radical (unpaired) electrons. The summed E-state index contributed by atoms with van der Waals surface area (Å²) >= 11 is 0. The van der Waals surface area contributed by atoms with E-state index in [0.29, 0.717) is 28.2 Å². The number of amides is 1. The van der Waals surface area contributed by atoms with Crippen molar-refractivity contribution in [1.82, 2.24) is 9.97 Å². The molecule has 0 spiro atoms. The first-order valence-electron chi connectivity index (χ1n) is 6.61. The lowest BCUT2D eigenvalue weighted by Crippen LogP contribution is -2.19. The van der Waals surface area contributed by atoms with Crippen molar-refractivity contribution in [2.24, 2.45) is 0 Å². The maximum atomic E-state index is 12.4. The molecule has 0 unspecified atom stereocenters. The van der Waals surface area contributed by atoms with Gasteiger partial charge in [-0.1, -0.05) is 0 Å². The van der Waals surface area contributed by atoms with Crippen molar-refractivity contribution in [1.29, 1.82) is 0 Å². The Kier molecular flexibility index (Phi) is 3.38. The first kappa shape index (κ1) is 13.9. The van der Waals surface area contributed by atoms with Crippen LogP contribution in [0.4, 0.5) is 11.5 Å². The monoisotopic (exact) mass is 298 g/mol. The minimum Gasteiger partial charge on any atom is -0.408 e. The van der Waals surface area contributed by atoms with E-state index in [1.54, 1.807) is 41.4 Å². The maximum Gasteiger partial charge on any atom is 0.417 e. The molecule has 2 heterocycles. The number of carbonyl (C=O) groups is 1. The summed E-state index contributed by atoms with van der Waals surface area (Å²) in [6.45, 7) is 0. The molecule has 1 aromatic carbocycles. The highest BCUT2D eigenvalue weighted by Gasteiger charge is 2.14. The molecule has 1 amide bonds. The third-order valence-corrected chi connectivity index (χ3v) is 3.13. The summed E-state index contributed by atoms with van der Waals surface area (Å²) in [5.41, 5.74) is 2.00. The zero-order valence-electron chi connectivity index (χ0n) is 12.1. The van der Waals surface area contributed by atoms with Crippen LogP contribution in [0.1, 0.15) is 10.4 Å². The van der Waals surface area contributed by atoms with E-state index in [2.05, 4.69) is 15.3 Å². The number of benzene rings is 1. The summed E-state index contributed by atoms with van der Waals surface area (Å²) in [5.74, 6) is -0.222. The molecule has 3 rings (SSSR count). The lowest BCUT2D eigenvalue weighted by Gasteiger charge is -2.15. The smallest absolute Gasteiger partial charge is 0.408 e. The second kappa shape index (κ2) is 5.36. The van der Waals surface area contributed by atoms with Gasteiger partial charge in [-0.2, -0.15) is 0 Å². The number of nitrogens with one attached hydrogen (secondary N) is 2. The van der Waals surface area contributed by atoms with E-state index < -0.39 is 5.76 Å². The van der Waals surface area contributed by atoms with Crippen LogP contribution in [0.5, 0.6) is 0 Å². The van der Waals surface area contributed by atoms with Gasteiger partial charge in [-0.05, 0) is 30.3 Å². The van der Waals surface area contributed by atoms with Crippen LogP contribution in [0.3, 0.4) is 0 Å². The Hall–Kier alpha value is -3.09. The Morgan fingerprint density at radius 1 is 1.32 bits per heavy atom. The Labute approximate surface area is 125 Å². The Morgan fingerprint density at radius 2 is 2.14 bits per heavy atom. The van der Waals surface area contributed by atoms with Crippen LogP contribution in [0.2, 0.25) is 0 Å². The number of H-pyrrole nitrogens is 1. The fourth-order valence-electron chi connectivity index (χ4n) is 2.16. The van der Waals surface area contributed by atoms with Crippen LogP contribution in [-0.4, -0.2) is 30.0 Å². The van der Waals surface area contributed by atoms with Crippen molar-refractivity contribution < 1.29 is 9.21 Å². The molecule has 112 valence electrons. The number of fused-ring (bicyclic) bond motifs is 1. The standard InChI is InChI=1S/C15H14N4O3/c1-19(2)13-10(4-3-7-16-13)14(20)17-9-5-6-12-11(8-9)18-15(21)22-12/h3-8H,1-2H3,(H,17,20)(H,18,21). The molecule has 0 saturated heterocycles. The molecular formula is C15H14N4O3. The highest BCUT2D eigenvalue weighted by atomic mass is 16.4. The van der Waals surface area contributed by atoms with Gasteiger partial charge >= 0.3 is 5.76 Å². The van der Waals surface area contributed by atoms with Gasteiger partial charge in [-0.3, -0.25) is 9.78 Å². The number of nitrogens with zero attached hydrogens (tertiary/aromatic N) is 2. The first-order valence-corrected chi connectivity index (χ1v) is 6.61. The lowest BCUT2D eigenvalue weighted by atomic mass is 10.2. The highest BCUT2D eigenvalue weighted by Crippen LogP contribution is 2.19. The molecule has 0 aliphatic rings. The van der Waals surface area contributed by atoms with Gasteiger partial charge in [0.15, 0.2) is 5.58 Å². The summed E-state index contributed by atoms with van der Waals surface area (Å²) in [7, 11) is 3.64. The molecule has 2 N–H and O–H groups in total. The van der Waals surface area contributed by atoms with E-state index in [1.165, 1.54) is 0 Å². The number of anilines is 2. The quantitative estimate of drug-likeness (QED) is 0.769. The summed E-state index contributed by atoms with van der Waals surface area (Å²) in [4.78, 5) is 32.1. The Bertz CT molecular complexity index is 895.